The predicted molar refractivity (Wildman–Crippen MR) is 104 cm³/mol. The highest BCUT2D eigenvalue weighted by atomic mass is 19.4. The van der Waals surface area contributed by atoms with Crippen molar-refractivity contribution in [2.24, 2.45) is 16.1 Å². The smallest absolute Gasteiger partial charge is 0.327 e. The van der Waals surface area contributed by atoms with E-state index in [-0.39, 0.29) is 23.2 Å². The number of amidine groups is 1. The SMILES string of the molecule is CC(C)(C)C1(N)C=C(Nc2cc(C(F)(F)F)ncn2)NC(c2cccc(C(F)(F)F)n2)=N1. The van der Waals surface area contributed by atoms with Crippen LogP contribution < -0.4 is 16.4 Å². The van der Waals surface area contributed by atoms with Gasteiger partial charge in [0.05, 0.1) is 0 Å². The Labute approximate surface area is 178 Å². The molecule has 0 amide bonds. The number of halogens is 6. The number of hydrogen-bond acceptors (Lipinski definition) is 7. The van der Waals surface area contributed by atoms with Crippen molar-refractivity contribution in [1.29, 1.82) is 0 Å². The lowest BCUT2D eigenvalue weighted by molar-refractivity contribution is -0.142. The lowest BCUT2D eigenvalue weighted by atomic mass is 9.80. The van der Waals surface area contributed by atoms with E-state index in [9.17, 15) is 26.3 Å². The highest BCUT2D eigenvalue weighted by Gasteiger charge is 2.40. The molecule has 0 bridgehead atoms. The molecule has 2 aromatic heterocycles. The molecule has 0 spiro atoms. The molecule has 1 aliphatic rings. The largest absolute Gasteiger partial charge is 0.433 e. The summed E-state index contributed by atoms with van der Waals surface area (Å²) in [7, 11) is 0. The fraction of sp³-hybridized carbons (Fsp3) is 0.368. The van der Waals surface area contributed by atoms with Gasteiger partial charge >= 0.3 is 12.4 Å². The van der Waals surface area contributed by atoms with E-state index in [1.165, 1.54) is 12.1 Å². The van der Waals surface area contributed by atoms with Crippen LogP contribution in [0.15, 0.2) is 47.5 Å². The van der Waals surface area contributed by atoms with Crippen molar-refractivity contribution in [2.45, 2.75) is 38.8 Å². The molecule has 4 N–H and O–H groups in total. The number of aromatic nitrogens is 3. The Morgan fingerprint density at radius 2 is 1.62 bits per heavy atom. The molecular formula is C19H19F6N7. The Balaban J connectivity index is 2.01. The van der Waals surface area contributed by atoms with Gasteiger partial charge in [0.15, 0.2) is 5.84 Å². The van der Waals surface area contributed by atoms with E-state index in [1.54, 1.807) is 20.8 Å². The second-order valence-corrected chi connectivity index (χ2v) is 8.04. The summed E-state index contributed by atoms with van der Waals surface area (Å²) in [5, 5.41) is 5.38. The van der Waals surface area contributed by atoms with Crippen molar-refractivity contribution < 1.29 is 26.3 Å². The van der Waals surface area contributed by atoms with Gasteiger partial charge in [-0.1, -0.05) is 26.8 Å². The number of nitrogens with zero attached hydrogens (tertiary/aromatic N) is 4. The molecule has 0 saturated carbocycles. The van der Waals surface area contributed by atoms with E-state index in [2.05, 4.69) is 30.6 Å². The minimum atomic E-state index is -4.69. The van der Waals surface area contributed by atoms with E-state index in [4.69, 9.17) is 5.73 Å². The third-order valence-electron chi connectivity index (χ3n) is 4.62. The molecule has 3 rings (SSSR count). The van der Waals surface area contributed by atoms with Crippen molar-refractivity contribution in [2.75, 3.05) is 5.32 Å². The number of anilines is 1. The zero-order valence-corrected chi connectivity index (χ0v) is 17.1. The topological polar surface area (TPSA) is 101 Å². The monoisotopic (exact) mass is 459 g/mol. The fourth-order valence-electron chi connectivity index (χ4n) is 2.64. The number of nitrogens with two attached hydrogens (primary N) is 1. The van der Waals surface area contributed by atoms with E-state index in [0.717, 1.165) is 18.5 Å². The first kappa shape index (κ1) is 23.4. The van der Waals surface area contributed by atoms with Crippen LogP contribution in [0.1, 0.15) is 37.9 Å². The molecule has 172 valence electrons. The lowest BCUT2D eigenvalue weighted by Crippen LogP contribution is -2.53. The summed E-state index contributed by atoms with van der Waals surface area (Å²) < 4.78 is 78.2. The normalized spacial score (nSPS) is 19.7. The zero-order chi connectivity index (χ0) is 23.9. The maximum absolute atomic E-state index is 13.1. The number of aliphatic imine (C=N–C) groups is 1. The highest BCUT2D eigenvalue weighted by molar-refractivity contribution is 5.99. The molecule has 0 aliphatic carbocycles. The van der Waals surface area contributed by atoms with Crippen LogP contribution in [0.4, 0.5) is 32.2 Å². The summed E-state index contributed by atoms with van der Waals surface area (Å²) in [6.07, 6.45) is -7.22. The van der Waals surface area contributed by atoms with Crippen LogP contribution in [-0.4, -0.2) is 26.5 Å². The quantitative estimate of drug-likeness (QED) is 0.602. The first-order valence-electron chi connectivity index (χ1n) is 9.18. The van der Waals surface area contributed by atoms with Gasteiger partial charge in [0.2, 0.25) is 0 Å². The van der Waals surface area contributed by atoms with E-state index >= 15 is 0 Å². The van der Waals surface area contributed by atoms with Gasteiger partial charge in [0.1, 0.15) is 40.7 Å². The summed E-state index contributed by atoms with van der Waals surface area (Å²) in [6, 6.07) is 3.96. The maximum atomic E-state index is 13.1. The summed E-state index contributed by atoms with van der Waals surface area (Å²) >= 11 is 0. The predicted octanol–water partition coefficient (Wildman–Crippen LogP) is 3.91. The van der Waals surface area contributed by atoms with Gasteiger partial charge in [-0.15, -0.1) is 0 Å². The minimum Gasteiger partial charge on any atom is -0.327 e. The van der Waals surface area contributed by atoms with Gasteiger partial charge < -0.3 is 16.4 Å². The Kier molecular flexibility index (Phi) is 5.66. The number of rotatable bonds is 3. The first-order valence-corrected chi connectivity index (χ1v) is 9.18. The lowest BCUT2D eigenvalue weighted by Gasteiger charge is -2.39. The van der Waals surface area contributed by atoms with Crippen molar-refractivity contribution >= 4 is 11.7 Å². The van der Waals surface area contributed by atoms with Crippen LogP contribution >= 0.6 is 0 Å². The van der Waals surface area contributed by atoms with Crippen molar-refractivity contribution in [3.8, 4) is 0 Å². The average molecular weight is 459 g/mol. The van der Waals surface area contributed by atoms with Crippen molar-refractivity contribution in [3.63, 3.8) is 0 Å². The van der Waals surface area contributed by atoms with Crippen LogP contribution in [0.25, 0.3) is 0 Å². The Morgan fingerprint density at radius 1 is 0.969 bits per heavy atom. The molecule has 1 aliphatic heterocycles. The molecule has 0 radical (unpaired) electrons. The Hall–Kier alpha value is -3.22. The first-order chi connectivity index (χ1) is 14.6. The number of nitrogens with one attached hydrogen (secondary N) is 2. The molecule has 0 fully saturated rings. The van der Waals surface area contributed by atoms with Gasteiger partial charge in [-0.25, -0.2) is 19.9 Å². The third kappa shape index (κ3) is 4.98. The zero-order valence-electron chi connectivity index (χ0n) is 17.1. The van der Waals surface area contributed by atoms with Crippen LogP contribution in [0.3, 0.4) is 0 Å². The maximum Gasteiger partial charge on any atom is 0.433 e. The molecule has 1 atom stereocenters. The standard InChI is InChI=1S/C19H19F6N7/c1-16(2,3)17(26)8-14(30-13-7-12(19(23,24)25)27-9-28-13)31-15(32-17)10-5-4-6-11(29-10)18(20,21)22/h4-9H,26H2,1-3H3,(H,31,32)(H,27,28,30). The molecular weight excluding hydrogens is 440 g/mol. The molecule has 1 unspecified atom stereocenters. The number of pyridine rings is 1. The molecule has 3 heterocycles. The second-order valence-electron chi connectivity index (χ2n) is 8.04. The van der Waals surface area contributed by atoms with Crippen molar-refractivity contribution in [3.05, 3.63) is 59.6 Å². The van der Waals surface area contributed by atoms with Crippen molar-refractivity contribution in [1.82, 2.24) is 20.3 Å². The average Bonchev–Trinajstić information content (AvgIpc) is 2.66. The van der Waals surface area contributed by atoms with Crippen LogP contribution in [-0.2, 0) is 12.4 Å². The summed E-state index contributed by atoms with van der Waals surface area (Å²) in [4.78, 5) is 14.9. The Morgan fingerprint density at radius 3 is 2.22 bits per heavy atom. The number of hydrogen-bond donors (Lipinski definition) is 3. The van der Waals surface area contributed by atoms with E-state index < -0.39 is 34.8 Å². The van der Waals surface area contributed by atoms with E-state index in [0.29, 0.717) is 6.07 Å². The molecule has 32 heavy (non-hydrogen) atoms. The number of alkyl halides is 6. The third-order valence-corrected chi connectivity index (χ3v) is 4.62. The van der Waals surface area contributed by atoms with Crippen LogP contribution in [0.5, 0.6) is 0 Å². The minimum absolute atomic E-state index is 0.0680. The second kappa shape index (κ2) is 7.73. The highest BCUT2D eigenvalue weighted by Crippen LogP contribution is 2.34. The van der Waals surface area contributed by atoms with Gasteiger partial charge in [-0.3, -0.25) is 0 Å². The molecule has 2 aromatic rings. The van der Waals surface area contributed by atoms with Gasteiger partial charge in [0, 0.05) is 11.5 Å². The molecule has 13 heteroatoms. The Bertz CT molecular complexity index is 1070. The summed E-state index contributed by atoms with van der Waals surface area (Å²) in [5.74, 6) is -0.234. The van der Waals surface area contributed by atoms with Crippen LogP contribution in [0, 0.1) is 5.41 Å². The fourth-order valence-corrected chi connectivity index (χ4v) is 2.64. The molecule has 0 aromatic carbocycles. The molecule has 7 nitrogen and oxygen atoms in total. The van der Waals surface area contributed by atoms with Crippen LogP contribution in [0.2, 0.25) is 0 Å². The molecule has 0 saturated heterocycles. The van der Waals surface area contributed by atoms with E-state index in [1.807, 2.05) is 0 Å². The van der Waals surface area contributed by atoms with Gasteiger partial charge in [-0.05, 0) is 18.2 Å². The summed E-state index contributed by atoms with van der Waals surface area (Å²) in [5.41, 5.74) is 1.81. The van der Waals surface area contributed by atoms with Gasteiger partial charge in [-0.2, -0.15) is 26.3 Å². The van der Waals surface area contributed by atoms with Gasteiger partial charge in [0.25, 0.3) is 0 Å². The summed E-state index contributed by atoms with van der Waals surface area (Å²) in [6.45, 7) is 5.25.